The number of carbonyl (C=O) groups is 2. The Morgan fingerprint density at radius 3 is 2.48 bits per heavy atom. The molecule has 2 heterocycles. The van der Waals surface area contributed by atoms with E-state index in [1.165, 1.54) is 6.08 Å². The zero-order valence-electron chi connectivity index (χ0n) is 14.3. The molecule has 2 aliphatic heterocycles. The summed E-state index contributed by atoms with van der Waals surface area (Å²) in [6, 6.07) is 3.52. The maximum atomic E-state index is 12.3. The van der Waals surface area contributed by atoms with Crippen molar-refractivity contribution >= 4 is 29.5 Å². The number of hydrogen-bond acceptors (Lipinski definition) is 4. The summed E-state index contributed by atoms with van der Waals surface area (Å²) >= 11 is 6.14. The van der Waals surface area contributed by atoms with E-state index in [4.69, 9.17) is 21.1 Å². The number of rotatable bonds is 3. The first-order valence-corrected chi connectivity index (χ1v) is 8.68. The monoisotopic (exact) mass is 364 g/mol. The maximum absolute atomic E-state index is 12.3. The molecular formula is C18H21ClN2O4. The molecular weight excluding hydrogens is 344 g/mol. The fourth-order valence-electron chi connectivity index (χ4n) is 2.87. The molecule has 0 bridgehead atoms. The topological polar surface area (TPSA) is 59.1 Å². The van der Waals surface area contributed by atoms with E-state index in [9.17, 15) is 9.59 Å². The van der Waals surface area contributed by atoms with Gasteiger partial charge in [0.2, 0.25) is 18.6 Å². The van der Waals surface area contributed by atoms with Crippen LogP contribution in [0.1, 0.15) is 19.4 Å². The first-order chi connectivity index (χ1) is 12.0. The van der Waals surface area contributed by atoms with Gasteiger partial charge in [-0.2, -0.15) is 0 Å². The zero-order chi connectivity index (χ0) is 18.0. The van der Waals surface area contributed by atoms with Crippen LogP contribution >= 0.6 is 11.6 Å². The van der Waals surface area contributed by atoms with Crippen LogP contribution in [0.25, 0.3) is 6.08 Å². The predicted molar refractivity (Wildman–Crippen MR) is 94.6 cm³/mol. The fraction of sp³-hybridized carbons (Fsp3) is 0.444. The summed E-state index contributed by atoms with van der Waals surface area (Å²) in [5, 5.41) is 0.461. The van der Waals surface area contributed by atoms with Gasteiger partial charge in [-0.15, -0.1) is 0 Å². The van der Waals surface area contributed by atoms with Crippen molar-refractivity contribution in [2.45, 2.75) is 13.8 Å². The Balaban J connectivity index is 1.59. The summed E-state index contributed by atoms with van der Waals surface area (Å²) in [5.41, 5.74) is 0.774. The first kappa shape index (κ1) is 17.6. The highest BCUT2D eigenvalue weighted by molar-refractivity contribution is 6.32. The molecule has 0 radical (unpaired) electrons. The van der Waals surface area contributed by atoms with Gasteiger partial charge in [-0.25, -0.2) is 0 Å². The zero-order valence-corrected chi connectivity index (χ0v) is 15.1. The molecule has 0 aromatic heterocycles. The smallest absolute Gasteiger partial charge is 0.246 e. The largest absolute Gasteiger partial charge is 0.454 e. The van der Waals surface area contributed by atoms with Gasteiger partial charge in [0.15, 0.2) is 11.5 Å². The number of nitrogens with zero attached hydrogens (tertiary/aromatic N) is 2. The van der Waals surface area contributed by atoms with Crippen LogP contribution in [-0.2, 0) is 9.59 Å². The highest BCUT2D eigenvalue weighted by Crippen LogP contribution is 2.40. The van der Waals surface area contributed by atoms with Crippen LogP contribution in [0, 0.1) is 5.92 Å². The Hall–Kier alpha value is -2.21. The second-order valence-corrected chi connectivity index (χ2v) is 6.78. The SMILES string of the molecule is CC(C)C(=O)N1CCN(C(=O)C=Cc2cc(Cl)c3c(c2)OCO3)CC1. The van der Waals surface area contributed by atoms with Crippen molar-refractivity contribution in [1.29, 1.82) is 0 Å². The van der Waals surface area contributed by atoms with Crippen molar-refractivity contribution in [3.05, 3.63) is 28.8 Å². The molecule has 0 atom stereocenters. The van der Waals surface area contributed by atoms with Gasteiger partial charge in [0.05, 0.1) is 5.02 Å². The Morgan fingerprint density at radius 1 is 1.12 bits per heavy atom. The van der Waals surface area contributed by atoms with Crippen molar-refractivity contribution in [1.82, 2.24) is 9.80 Å². The van der Waals surface area contributed by atoms with E-state index >= 15 is 0 Å². The highest BCUT2D eigenvalue weighted by atomic mass is 35.5. The van der Waals surface area contributed by atoms with E-state index < -0.39 is 0 Å². The summed E-state index contributed by atoms with van der Waals surface area (Å²) in [5.74, 6) is 1.16. The number of carbonyl (C=O) groups excluding carboxylic acids is 2. The van der Waals surface area contributed by atoms with Gasteiger partial charge in [-0.3, -0.25) is 9.59 Å². The molecule has 6 nitrogen and oxygen atoms in total. The van der Waals surface area contributed by atoms with E-state index in [1.807, 2.05) is 18.7 Å². The second kappa shape index (κ2) is 7.35. The van der Waals surface area contributed by atoms with Gasteiger partial charge in [-0.1, -0.05) is 25.4 Å². The van der Waals surface area contributed by atoms with Crippen LogP contribution in [0.2, 0.25) is 5.02 Å². The lowest BCUT2D eigenvalue weighted by Crippen LogP contribution is -2.51. The molecule has 1 aromatic rings. The fourth-order valence-corrected chi connectivity index (χ4v) is 3.14. The molecule has 0 saturated carbocycles. The molecule has 0 unspecified atom stereocenters. The Bertz CT molecular complexity index is 709. The molecule has 0 N–H and O–H groups in total. The van der Waals surface area contributed by atoms with Gasteiger partial charge < -0.3 is 19.3 Å². The second-order valence-electron chi connectivity index (χ2n) is 6.38. The van der Waals surface area contributed by atoms with Gasteiger partial charge >= 0.3 is 0 Å². The van der Waals surface area contributed by atoms with Crippen molar-refractivity contribution in [2.24, 2.45) is 5.92 Å². The van der Waals surface area contributed by atoms with Crippen LogP contribution < -0.4 is 9.47 Å². The van der Waals surface area contributed by atoms with E-state index in [1.54, 1.807) is 23.1 Å². The highest BCUT2D eigenvalue weighted by Gasteiger charge is 2.24. The quantitative estimate of drug-likeness (QED) is 0.773. The van der Waals surface area contributed by atoms with Crippen molar-refractivity contribution in [2.75, 3.05) is 33.0 Å². The molecule has 1 aromatic carbocycles. The van der Waals surface area contributed by atoms with Crippen molar-refractivity contribution in [3.63, 3.8) is 0 Å². The molecule has 25 heavy (non-hydrogen) atoms. The number of halogens is 1. The van der Waals surface area contributed by atoms with Crippen molar-refractivity contribution in [3.8, 4) is 11.5 Å². The molecule has 0 spiro atoms. The summed E-state index contributed by atoms with van der Waals surface area (Å²) < 4.78 is 10.6. The molecule has 1 saturated heterocycles. The van der Waals surface area contributed by atoms with Crippen LogP contribution in [0.3, 0.4) is 0 Å². The van der Waals surface area contributed by atoms with Crippen LogP contribution in [0.4, 0.5) is 0 Å². The first-order valence-electron chi connectivity index (χ1n) is 8.30. The minimum absolute atomic E-state index is 0.0158. The molecule has 1 fully saturated rings. The molecule has 0 aliphatic carbocycles. The van der Waals surface area contributed by atoms with E-state index in [0.29, 0.717) is 42.7 Å². The number of hydrogen-bond donors (Lipinski definition) is 0. The summed E-state index contributed by atoms with van der Waals surface area (Å²) in [4.78, 5) is 27.9. The summed E-state index contributed by atoms with van der Waals surface area (Å²) in [6.07, 6.45) is 3.23. The summed E-state index contributed by atoms with van der Waals surface area (Å²) in [6.45, 7) is 6.17. The lowest BCUT2D eigenvalue weighted by atomic mass is 10.1. The number of amides is 2. The lowest BCUT2D eigenvalue weighted by molar-refractivity contribution is -0.139. The lowest BCUT2D eigenvalue weighted by Gasteiger charge is -2.35. The number of ether oxygens (including phenoxy) is 2. The van der Waals surface area contributed by atoms with Crippen LogP contribution in [-0.4, -0.2) is 54.6 Å². The maximum Gasteiger partial charge on any atom is 0.246 e. The molecule has 2 aliphatic rings. The predicted octanol–water partition coefficient (Wildman–Crippen LogP) is 2.41. The van der Waals surface area contributed by atoms with Crippen LogP contribution in [0.5, 0.6) is 11.5 Å². The van der Waals surface area contributed by atoms with Gasteiger partial charge in [-0.05, 0) is 23.8 Å². The Kier molecular flexibility index (Phi) is 5.18. The molecule has 2 amide bonds. The molecule has 3 rings (SSSR count). The van der Waals surface area contributed by atoms with Crippen molar-refractivity contribution < 1.29 is 19.1 Å². The van der Waals surface area contributed by atoms with Gasteiger partial charge in [0.25, 0.3) is 0 Å². The third kappa shape index (κ3) is 3.90. The normalized spacial score (nSPS) is 16.8. The van der Waals surface area contributed by atoms with Crippen LogP contribution in [0.15, 0.2) is 18.2 Å². The third-order valence-electron chi connectivity index (χ3n) is 4.26. The van der Waals surface area contributed by atoms with E-state index in [2.05, 4.69) is 0 Å². The minimum Gasteiger partial charge on any atom is -0.454 e. The van der Waals surface area contributed by atoms with E-state index in [0.717, 1.165) is 5.56 Å². The molecule has 7 heteroatoms. The average Bonchev–Trinajstić information content (AvgIpc) is 3.08. The van der Waals surface area contributed by atoms with Gasteiger partial charge in [0.1, 0.15) is 0 Å². The summed E-state index contributed by atoms with van der Waals surface area (Å²) in [7, 11) is 0. The number of benzene rings is 1. The average molecular weight is 365 g/mol. The standard InChI is InChI=1S/C18H21ClN2O4/c1-12(2)18(23)21-7-5-20(6-8-21)16(22)4-3-13-9-14(19)17-15(10-13)24-11-25-17/h3-4,9-10,12H,5-8,11H2,1-2H3. The van der Waals surface area contributed by atoms with Gasteiger partial charge in [0, 0.05) is 38.2 Å². The number of fused-ring (bicyclic) bond motifs is 1. The van der Waals surface area contributed by atoms with E-state index in [-0.39, 0.29) is 24.5 Å². The minimum atomic E-state index is -0.0783. The Labute approximate surface area is 151 Å². The third-order valence-corrected chi connectivity index (χ3v) is 4.55. The number of piperazine rings is 1. The Morgan fingerprint density at radius 2 is 1.80 bits per heavy atom. The molecule has 134 valence electrons.